The third-order valence-corrected chi connectivity index (χ3v) is 5.51. The number of amides is 1. The molecule has 1 amide bonds. The summed E-state index contributed by atoms with van der Waals surface area (Å²) in [4.78, 5) is 17.5. The van der Waals surface area contributed by atoms with Crippen molar-refractivity contribution in [3.05, 3.63) is 48.5 Å². The molecule has 1 aliphatic heterocycles. The van der Waals surface area contributed by atoms with E-state index in [1.54, 1.807) is 0 Å². The number of carbonyl (C=O) groups excluding carboxylic acids is 1. The maximum atomic E-state index is 12.8. The molecule has 0 unspecified atom stereocenters. The third kappa shape index (κ3) is 3.63. The minimum Gasteiger partial charge on any atom is -0.381 e. The van der Waals surface area contributed by atoms with E-state index < -0.39 is 5.41 Å². The van der Waals surface area contributed by atoms with Crippen molar-refractivity contribution in [2.45, 2.75) is 12.8 Å². The van der Waals surface area contributed by atoms with Gasteiger partial charge in [-0.3, -0.25) is 4.79 Å². The standard InChI is InChI=1S/C21H24N4O2.ClH/c1-25-18-5-3-2-4-17(18)24-19(25)15-6-8-16(9-7-15)23-20(26)21(14-22)10-12-27-13-11-21;/h2-9H,10-14,22H2,1H3,(H,23,26);1H. The molecular formula is C21H25ClN4O2. The Hall–Kier alpha value is -2.41. The van der Waals surface area contributed by atoms with Crippen LogP contribution in [0.15, 0.2) is 48.5 Å². The number of imidazole rings is 1. The highest BCUT2D eigenvalue weighted by molar-refractivity contribution is 5.95. The first-order valence-corrected chi connectivity index (χ1v) is 9.24. The zero-order valence-electron chi connectivity index (χ0n) is 15.9. The van der Waals surface area contributed by atoms with Crippen molar-refractivity contribution < 1.29 is 9.53 Å². The second-order valence-electron chi connectivity index (χ2n) is 7.11. The molecular weight excluding hydrogens is 376 g/mol. The van der Waals surface area contributed by atoms with Crippen molar-refractivity contribution in [2.75, 3.05) is 25.1 Å². The summed E-state index contributed by atoms with van der Waals surface area (Å²) in [6, 6.07) is 15.9. The normalized spacial score (nSPS) is 15.8. The molecule has 0 atom stereocenters. The summed E-state index contributed by atoms with van der Waals surface area (Å²) in [6.45, 7) is 1.49. The number of rotatable bonds is 4. The Morgan fingerprint density at radius 2 is 1.86 bits per heavy atom. The SMILES string of the molecule is Cl.Cn1c(-c2ccc(NC(=O)C3(CN)CCOCC3)cc2)nc2ccccc21. The third-order valence-electron chi connectivity index (χ3n) is 5.51. The zero-order valence-corrected chi connectivity index (χ0v) is 16.7. The summed E-state index contributed by atoms with van der Waals surface area (Å²) in [5.74, 6) is 0.876. The fraction of sp³-hybridized carbons (Fsp3) is 0.333. The van der Waals surface area contributed by atoms with Crippen molar-refractivity contribution in [1.29, 1.82) is 0 Å². The fourth-order valence-electron chi connectivity index (χ4n) is 3.66. The van der Waals surface area contributed by atoms with Crippen molar-refractivity contribution >= 4 is 35.0 Å². The molecule has 4 rings (SSSR count). The van der Waals surface area contributed by atoms with E-state index in [9.17, 15) is 4.79 Å². The number of halogens is 1. The molecule has 1 aromatic heterocycles. The van der Waals surface area contributed by atoms with Crippen LogP contribution >= 0.6 is 12.4 Å². The Bertz CT molecular complexity index is 962. The van der Waals surface area contributed by atoms with Gasteiger partial charge in [0.25, 0.3) is 0 Å². The lowest BCUT2D eigenvalue weighted by molar-refractivity contribution is -0.130. The molecule has 2 aromatic carbocycles. The van der Waals surface area contributed by atoms with E-state index in [1.165, 1.54) is 0 Å². The second kappa shape index (κ2) is 8.31. The fourth-order valence-corrected chi connectivity index (χ4v) is 3.66. The number of fused-ring (bicyclic) bond motifs is 1. The van der Waals surface area contributed by atoms with E-state index in [4.69, 9.17) is 15.5 Å². The van der Waals surface area contributed by atoms with Crippen LogP contribution in [-0.2, 0) is 16.6 Å². The van der Waals surface area contributed by atoms with Crippen molar-refractivity contribution in [2.24, 2.45) is 18.2 Å². The van der Waals surface area contributed by atoms with Gasteiger partial charge in [0, 0.05) is 38.1 Å². The van der Waals surface area contributed by atoms with Gasteiger partial charge in [-0.1, -0.05) is 12.1 Å². The molecule has 0 radical (unpaired) electrons. The van der Waals surface area contributed by atoms with Crippen LogP contribution in [0.1, 0.15) is 12.8 Å². The van der Waals surface area contributed by atoms with Gasteiger partial charge in [0.05, 0.1) is 16.4 Å². The predicted molar refractivity (Wildman–Crippen MR) is 114 cm³/mol. The van der Waals surface area contributed by atoms with Gasteiger partial charge in [-0.25, -0.2) is 4.98 Å². The lowest BCUT2D eigenvalue weighted by atomic mass is 9.79. The number of nitrogens with two attached hydrogens (primary N) is 1. The molecule has 2 heterocycles. The van der Waals surface area contributed by atoms with Crippen LogP contribution in [0, 0.1) is 5.41 Å². The smallest absolute Gasteiger partial charge is 0.232 e. The van der Waals surface area contributed by atoms with Crippen LogP contribution in [0.3, 0.4) is 0 Å². The van der Waals surface area contributed by atoms with Gasteiger partial charge in [-0.2, -0.15) is 0 Å². The second-order valence-corrected chi connectivity index (χ2v) is 7.11. The Balaban J connectivity index is 0.00000225. The number of anilines is 1. The summed E-state index contributed by atoms with van der Waals surface area (Å²) in [7, 11) is 2.01. The molecule has 28 heavy (non-hydrogen) atoms. The molecule has 0 saturated carbocycles. The molecule has 7 heteroatoms. The Labute approximate surface area is 170 Å². The topological polar surface area (TPSA) is 82.2 Å². The highest BCUT2D eigenvalue weighted by atomic mass is 35.5. The van der Waals surface area contributed by atoms with E-state index in [0.717, 1.165) is 28.1 Å². The quantitative estimate of drug-likeness (QED) is 0.703. The highest BCUT2D eigenvalue weighted by Gasteiger charge is 2.38. The van der Waals surface area contributed by atoms with Gasteiger partial charge in [0.1, 0.15) is 5.82 Å². The van der Waals surface area contributed by atoms with E-state index >= 15 is 0 Å². The molecule has 1 fully saturated rings. The lowest BCUT2D eigenvalue weighted by Crippen LogP contribution is -2.46. The van der Waals surface area contributed by atoms with Crippen molar-refractivity contribution in [3.8, 4) is 11.4 Å². The maximum Gasteiger partial charge on any atom is 0.232 e. The van der Waals surface area contributed by atoms with Gasteiger partial charge in [-0.15, -0.1) is 12.4 Å². The Morgan fingerprint density at radius 3 is 2.50 bits per heavy atom. The number of aromatic nitrogens is 2. The Morgan fingerprint density at radius 1 is 1.18 bits per heavy atom. The average Bonchev–Trinajstić information content (AvgIpc) is 3.06. The predicted octanol–water partition coefficient (Wildman–Crippen LogP) is 3.36. The van der Waals surface area contributed by atoms with Gasteiger partial charge < -0.3 is 20.4 Å². The first kappa shape index (κ1) is 20.3. The van der Waals surface area contributed by atoms with Crippen LogP contribution in [-0.4, -0.2) is 35.2 Å². The molecule has 0 aliphatic carbocycles. The zero-order chi connectivity index (χ0) is 18.9. The molecule has 3 N–H and O–H groups in total. The summed E-state index contributed by atoms with van der Waals surface area (Å²) >= 11 is 0. The van der Waals surface area contributed by atoms with Crippen LogP contribution in [0.2, 0.25) is 0 Å². The minimum atomic E-state index is -0.533. The summed E-state index contributed by atoms with van der Waals surface area (Å²) in [5, 5.41) is 3.02. The first-order chi connectivity index (χ1) is 13.1. The number of ether oxygens (including phenoxy) is 1. The van der Waals surface area contributed by atoms with Gasteiger partial charge in [0.2, 0.25) is 5.91 Å². The molecule has 0 bridgehead atoms. The number of hydrogen-bond donors (Lipinski definition) is 2. The molecule has 1 aliphatic rings. The largest absolute Gasteiger partial charge is 0.381 e. The number of hydrogen-bond acceptors (Lipinski definition) is 4. The van der Waals surface area contributed by atoms with Crippen LogP contribution < -0.4 is 11.1 Å². The maximum absolute atomic E-state index is 12.8. The molecule has 1 saturated heterocycles. The van der Waals surface area contributed by atoms with E-state index in [0.29, 0.717) is 32.6 Å². The molecule has 0 spiro atoms. The number of nitrogens with zero attached hydrogens (tertiary/aromatic N) is 2. The molecule has 6 nitrogen and oxygen atoms in total. The number of para-hydroxylation sites is 2. The van der Waals surface area contributed by atoms with E-state index in [1.807, 2.05) is 49.5 Å². The average molecular weight is 401 g/mol. The summed E-state index contributed by atoms with van der Waals surface area (Å²) < 4.78 is 7.46. The van der Waals surface area contributed by atoms with Crippen molar-refractivity contribution in [3.63, 3.8) is 0 Å². The van der Waals surface area contributed by atoms with E-state index in [2.05, 4.69) is 16.0 Å². The van der Waals surface area contributed by atoms with Crippen LogP contribution in [0.4, 0.5) is 5.69 Å². The van der Waals surface area contributed by atoms with Crippen molar-refractivity contribution in [1.82, 2.24) is 9.55 Å². The molecule has 148 valence electrons. The van der Waals surface area contributed by atoms with Gasteiger partial charge in [0.15, 0.2) is 0 Å². The Kier molecular flexibility index (Phi) is 6.03. The lowest BCUT2D eigenvalue weighted by Gasteiger charge is -2.34. The van der Waals surface area contributed by atoms with Gasteiger partial charge >= 0.3 is 0 Å². The number of nitrogens with one attached hydrogen (secondary N) is 1. The summed E-state index contributed by atoms with van der Waals surface area (Å²) in [5.41, 5.74) is 9.22. The van der Waals surface area contributed by atoms with Gasteiger partial charge in [-0.05, 0) is 49.2 Å². The first-order valence-electron chi connectivity index (χ1n) is 9.24. The minimum absolute atomic E-state index is 0. The number of benzene rings is 2. The van der Waals surface area contributed by atoms with Crippen LogP contribution in [0.5, 0.6) is 0 Å². The molecule has 3 aromatic rings. The van der Waals surface area contributed by atoms with Crippen LogP contribution in [0.25, 0.3) is 22.4 Å². The highest BCUT2D eigenvalue weighted by Crippen LogP contribution is 2.31. The van der Waals surface area contributed by atoms with E-state index in [-0.39, 0.29) is 18.3 Å². The number of aryl methyl sites for hydroxylation is 1. The summed E-state index contributed by atoms with van der Waals surface area (Å²) in [6.07, 6.45) is 1.32. The number of carbonyl (C=O) groups is 1. The monoisotopic (exact) mass is 400 g/mol.